The molecule has 0 N–H and O–H groups in total. The number of nitrogens with zero attached hydrogens (tertiary/aromatic N) is 1. The van der Waals surface area contributed by atoms with Gasteiger partial charge in [0.2, 0.25) is 0 Å². The lowest BCUT2D eigenvalue weighted by molar-refractivity contribution is -0.139. The molecule has 0 aromatic carbocycles. The Labute approximate surface area is 127 Å². The highest BCUT2D eigenvalue weighted by Gasteiger charge is 2.35. The van der Waals surface area contributed by atoms with Gasteiger partial charge >= 0.3 is 12.1 Å². The maximum Gasteiger partial charge on any atom is 0.420 e. The fraction of sp³-hybridized carbons (Fsp3) is 0.400. The molecule has 1 rings (SSSR count). The highest BCUT2D eigenvalue weighted by molar-refractivity contribution is 14.2. The molecule has 0 aliphatic carbocycles. The normalized spacial score (nSPS) is 11.8. The van der Waals surface area contributed by atoms with E-state index in [1.54, 1.807) is 0 Å². The molecule has 112 valence electrons. The molecule has 0 amide bonds. The van der Waals surface area contributed by atoms with Gasteiger partial charge in [0.15, 0.2) is 0 Å². The fourth-order valence-electron chi connectivity index (χ4n) is 1.23. The monoisotopic (exact) mass is 423 g/mol. The molecular formula is C10H10F3INO4P. The molecule has 0 aliphatic heterocycles. The van der Waals surface area contributed by atoms with Crippen molar-refractivity contribution in [2.24, 2.45) is 0 Å². The Balaban J connectivity index is 2.96. The minimum absolute atomic E-state index is 0.0433. The van der Waals surface area contributed by atoms with Crippen LogP contribution in [0.15, 0.2) is 12.3 Å². The standard InChI is InChI=1S/C10H10F3INO4P/c1-17-9(16)7-4-6(10(11,12)13)8(5-15-7)18-2-3-19-20-14/h4-5,20H,2-3H2,1H3. The second-order valence-electron chi connectivity index (χ2n) is 3.33. The molecule has 0 fully saturated rings. The van der Waals surface area contributed by atoms with Crippen molar-refractivity contribution in [3.8, 4) is 5.75 Å². The molecule has 0 spiro atoms. The van der Waals surface area contributed by atoms with Gasteiger partial charge in [-0.1, -0.05) is 0 Å². The van der Waals surface area contributed by atoms with Crippen molar-refractivity contribution < 1.29 is 32.0 Å². The summed E-state index contributed by atoms with van der Waals surface area (Å²) < 4.78 is 52.9. The van der Waals surface area contributed by atoms with Gasteiger partial charge in [0, 0.05) is 0 Å². The first-order chi connectivity index (χ1) is 9.40. The summed E-state index contributed by atoms with van der Waals surface area (Å²) in [4.78, 5) is 14.8. The molecule has 1 unspecified atom stereocenters. The molecule has 1 atom stereocenters. The Morgan fingerprint density at radius 3 is 2.70 bits per heavy atom. The van der Waals surface area contributed by atoms with Crippen LogP contribution in [0.5, 0.6) is 5.75 Å². The van der Waals surface area contributed by atoms with E-state index in [0.717, 1.165) is 13.3 Å². The van der Waals surface area contributed by atoms with E-state index in [-0.39, 0.29) is 19.7 Å². The smallest absolute Gasteiger partial charge is 0.420 e. The van der Waals surface area contributed by atoms with E-state index >= 15 is 0 Å². The Morgan fingerprint density at radius 2 is 2.15 bits per heavy atom. The molecule has 0 radical (unpaired) electrons. The van der Waals surface area contributed by atoms with Gasteiger partial charge in [-0.3, -0.25) is 0 Å². The summed E-state index contributed by atoms with van der Waals surface area (Å²) in [6.45, 7) is 0.318. The topological polar surface area (TPSA) is 57.7 Å². The Hall–Kier alpha value is -0.670. The van der Waals surface area contributed by atoms with E-state index in [1.165, 1.54) is 0 Å². The van der Waals surface area contributed by atoms with E-state index in [9.17, 15) is 18.0 Å². The molecule has 0 saturated heterocycles. The average Bonchev–Trinajstić information content (AvgIpc) is 2.41. The third-order valence-electron chi connectivity index (χ3n) is 2.06. The summed E-state index contributed by atoms with van der Waals surface area (Å²) in [5, 5.41) is 0. The van der Waals surface area contributed by atoms with Crippen LogP contribution in [0.3, 0.4) is 0 Å². The lowest BCUT2D eigenvalue weighted by atomic mass is 10.2. The van der Waals surface area contributed by atoms with Crippen molar-refractivity contribution in [3.05, 3.63) is 23.5 Å². The zero-order valence-electron chi connectivity index (χ0n) is 10.2. The third-order valence-corrected chi connectivity index (χ3v) is 3.31. The minimum Gasteiger partial charge on any atom is -0.489 e. The van der Waals surface area contributed by atoms with Crippen molar-refractivity contribution in [3.63, 3.8) is 0 Å². The Morgan fingerprint density at radius 1 is 1.45 bits per heavy atom. The van der Waals surface area contributed by atoms with Crippen molar-refractivity contribution in [2.75, 3.05) is 20.3 Å². The lowest BCUT2D eigenvalue weighted by Gasteiger charge is -2.14. The molecule has 0 saturated carbocycles. The largest absolute Gasteiger partial charge is 0.489 e. The van der Waals surface area contributed by atoms with Crippen LogP contribution >= 0.6 is 28.5 Å². The Bertz CT molecular complexity index is 472. The first kappa shape index (κ1) is 17.4. The number of hydrogen-bond acceptors (Lipinski definition) is 5. The van der Waals surface area contributed by atoms with Crippen molar-refractivity contribution in [2.45, 2.75) is 6.18 Å². The minimum atomic E-state index is -4.66. The van der Waals surface area contributed by atoms with Gasteiger partial charge in [-0.2, -0.15) is 13.2 Å². The van der Waals surface area contributed by atoms with Crippen LogP contribution < -0.4 is 4.74 Å². The number of esters is 1. The first-order valence-electron chi connectivity index (χ1n) is 5.16. The summed E-state index contributed by atoms with van der Waals surface area (Å²) in [6, 6.07) is 0.599. The molecule has 0 bridgehead atoms. The van der Waals surface area contributed by atoms with Crippen LogP contribution in [0.1, 0.15) is 16.1 Å². The van der Waals surface area contributed by atoms with Gasteiger partial charge in [0.05, 0.1) is 26.4 Å². The molecule has 0 aliphatic rings. The summed E-state index contributed by atoms with van der Waals surface area (Å²) in [5.41, 5.74) is -1.51. The maximum atomic E-state index is 12.9. The number of rotatable bonds is 6. The number of alkyl halides is 3. The molecule has 1 aromatic rings. The predicted molar refractivity (Wildman–Crippen MR) is 74.4 cm³/mol. The number of carbonyl (C=O) groups excluding carboxylic acids is 1. The average molecular weight is 423 g/mol. The van der Waals surface area contributed by atoms with E-state index < -0.39 is 29.2 Å². The Kier molecular flexibility index (Phi) is 6.90. The van der Waals surface area contributed by atoms with Gasteiger partial charge in [-0.15, -0.1) is 0 Å². The van der Waals surface area contributed by atoms with Crippen LogP contribution in [0.4, 0.5) is 13.2 Å². The van der Waals surface area contributed by atoms with Gasteiger partial charge in [-0.25, -0.2) is 9.78 Å². The van der Waals surface area contributed by atoms with Crippen molar-refractivity contribution in [1.82, 2.24) is 4.98 Å². The summed E-state index contributed by atoms with van der Waals surface area (Å²) in [6.07, 6.45) is -3.81. The van der Waals surface area contributed by atoms with Crippen LogP contribution in [-0.4, -0.2) is 31.3 Å². The second-order valence-corrected chi connectivity index (χ2v) is 5.09. The molecule has 1 aromatic heterocycles. The highest BCUT2D eigenvalue weighted by atomic mass is 127. The number of carbonyl (C=O) groups is 1. The number of pyridine rings is 1. The quantitative estimate of drug-likeness (QED) is 0.305. The fourth-order valence-corrected chi connectivity index (χ4v) is 2.05. The van der Waals surface area contributed by atoms with Gasteiger partial charge in [0.1, 0.15) is 23.6 Å². The summed E-state index contributed by atoms with van der Waals surface area (Å²) in [7, 11) is 1.06. The molecular weight excluding hydrogens is 413 g/mol. The third kappa shape index (κ3) is 5.02. The van der Waals surface area contributed by atoms with Crippen LogP contribution in [0.2, 0.25) is 0 Å². The van der Waals surface area contributed by atoms with Gasteiger partial charge in [0.25, 0.3) is 0 Å². The maximum absolute atomic E-state index is 12.9. The number of aromatic nitrogens is 1. The summed E-state index contributed by atoms with van der Waals surface area (Å²) >= 11 is 1.98. The van der Waals surface area contributed by atoms with E-state index in [1.807, 2.05) is 22.0 Å². The van der Waals surface area contributed by atoms with Crippen molar-refractivity contribution >= 4 is 34.5 Å². The van der Waals surface area contributed by atoms with Crippen LogP contribution in [-0.2, 0) is 15.4 Å². The van der Waals surface area contributed by atoms with E-state index in [2.05, 4.69) is 9.72 Å². The predicted octanol–water partition coefficient (Wildman–Crippen LogP) is 3.23. The SMILES string of the molecule is COC(=O)c1cc(C(F)(F)F)c(OCCOPI)cn1. The number of halogens is 4. The van der Waals surface area contributed by atoms with E-state index in [0.29, 0.717) is 6.07 Å². The molecule has 5 nitrogen and oxygen atoms in total. The zero-order valence-corrected chi connectivity index (χ0v) is 13.3. The summed E-state index contributed by atoms with van der Waals surface area (Å²) in [5.74, 6) is -1.40. The molecule has 20 heavy (non-hydrogen) atoms. The van der Waals surface area contributed by atoms with Gasteiger partial charge in [-0.05, 0) is 28.1 Å². The van der Waals surface area contributed by atoms with Crippen LogP contribution in [0, 0.1) is 0 Å². The number of methoxy groups -OCH3 is 1. The molecule has 10 heteroatoms. The van der Waals surface area contributed by atoms with E-state index in [4.69, 9.17) is 9.26 Å². The zero-order chi connectivity index (χ0) is 15.2. The first-order valence-corrected chi connectivity index (χ1v) is 9.18. The van der Waals surface area contributed by atoms with Crippen molar-refractivity contribution in [1.29, 1.82) is 0 Å². The lowest BCUT2D eigenvalue weighted by Crippen LogP contribution is -2.14. The molecule has 1 heterocycles. The van der Waals surface area contributed by atoms with Crippen LogP contribution in [0.25, 0.3) is 0 Å². The van der Waals surface area contributed by atoms with Gasteiger partial charge < -0.3 is 14.0 Å². The number of ether oxygens (including phenoxy) is 2. The second kappa shape index (κ2) is 7.94. The highest BCUT2D eigenvalue weighted by Crippen LogP contribution is 2.36. The number of hydrogen-bond donors (Lipinski definition) is 0.